The third kappa shape index (κ3) is 3.11. The molecule has 0 saturated carbocycles. The van der Waals surface area contributed by atoms with E-state index >= 15 is 0 Å². The molecule has 1 aromatic heterocycles. The average molecular weight is 385 g/mol. The summed E-state index contributed by atoms with van der Waals surface area (Å²) in [5.74, 6) is -2.46. The lowest BCUT2D eigenvalue weighted by Gasteiger charge is -2.28. The molecule has 1 aliphatic heterocycles. The minimum absolute atomic E-state index is 0.00722. The van der Waals surface area contributed by atoms with Crippen molar-refractivity contribution in [3.63, 3.8) is 0 Å². The van der Waals surface area contributed by atoms with Crippen molar-refractivity contribution in [3.05, 3.63) is 63.8 Å². The first-order chi connectivity index (χ1) is 13.4. The van der Waals surface area contributed by atoms with Gasteiger partial charge in [-0.05, 0) is 18.8 Å². The molecule has 0 atom stereocenters. The molecule has 28 heavy (non-hydrogen) atoms. The van der Waals surface area contributed by atoms with Crippen LogP contribution in [0.1, 0.15) is 25.5 Å². The van der Waals surface area contributed by atoms with Crippen LogP contribution < -0.4 is 10.2 Å². The molecule has 9 heteroatoms. The summed E-state index contributed by atoms with van der Waals surface area (Å²) in [6, 6.07) is 8.84. The highest BCUT2D eigenvalue weighted by molar-refractivity contribution is 6.00. The van der Waals surface area contributed by atoms with Crippen LogP contribution in [-0.4, -0.2) is 31.3 Å². The number of nitrogens with zero attached hydrogens (tertiary/aromatic N) is 2. The van der Waals surface area contributed by atoms with Crippen molar-refractivity contribution in [2.45, 2.75) is 19.8 Å². The van der Waals surface area contributed by atoms with Gasteiger partial charge >= 0.3 is 11.9 Å². The largest absolute Gasteiger partial charge is 0.466 e. The Morgan fingerprint density at radius 1 is 1.07 bits per heavy atom. The number of dihydropyridines is 1. The second kappa shape index (κ2) is 7.55. The second-order valence-corrected chi connectivity index (χ2v) is 6.15. The number of allylic oxidation sites excluding steroid dienone is 2. The zero-order chi connectivity index (χ0) is 20.4. The van der Waals surface area contributed by atoms with Gasteiger partial charge in [0.1, 0.15) is 0 Å². The molecule has 0 radical (unpaired) electrons. The van der Waals surface area contributed by atoms with Crippen molar-refractivity contribution in [3.8, 4) is 11.3 Å². The van der Waals surface area contributed by atoms with Crippen LogP contribution in [0.25, 0.3) is 11.3 Å². The molecule has 2 aromatic rings. The molecule has 0 saturated heterocycles. The van der Waals surface area contributed by atoms with Gasteiger partial charge in [0.25, 0.3) is 5.69 Å². The summed E-state index contributed by atoms with van der Waals surface area (Å²) in [5.41, 5.74) is 1.89. The Balaban J connectivity index is 2.31. The molecule has 0 bridgehead atoms. The van der Waals surface area contributed by atoms with Crippen LogP contribution >= 0.6 is 0 Å². The van der Waals surface area contributed by atoms with Gasteiger partial charge in [0.2, 0.25) is 5.69 Å². The maximum absolute atomic E-state index is 12.6. The topological polar surface area (TPSA) is 118 Å². The lowest BCUT2D eigenvalue weighted by Crippen LogP contribution is -2.38. The molecule has 3 rings (SSSR count). The molecule has 0 amide bonds. The summed E-state index contributed by atoms with van der Waals surface area (Å²) in [6.45, 7) is 3.31. The van der Waals surface area contributed by atoms with Crippen molar-refractivity contribution in [1.29, 1.82) is 0 Å². The fourth-order valence-electron chi connectivity index (χ4n) is 3.32. The standard InChI is InChI=1S/C19H19N3O6/c1-10-13(18(23)26-3)15(14(11(2)20-10)19(24)27-4)17-16(21-28-22(17)25)12-8-6-5-7-9-12/h5-9,15,20H,1-4H3. The highest BCUT2D eigenvalue weighted by atomic mass is 16.8. The fourth-order valence-corrected chi connectivity index (χ4v) is 3.32. The number of aromatic nitrogens is 2. The van der Waals surface area contributed by atoms with Gasteiger partial charge < -0.3 is 20.0 Å². The van der Waals surface area contributed by atoms with E-state index in [0.717, 1.165) is 0 Å². The van der Waals surface area contributed by atoms with Crippen molar-refractivity contribution in [2.24, 2.45) is 0 Å². The van der Waals surface area contributed by atoms with E-state index in [-0.39, 0.29) is 27.4 Å². The fraction of sp³-hybridized carbons (Fsp3) is 0.263. The van der Waals surface area contributed by atoms with Crippen LogP contribution in [-0.2, 0) is 19.1 Å². The number of hydrogen-bond donors (Lipinski definition) is 1. The minimum Gasteiger partial charge on any atom is -0.466 e. The molecular formula is C19H19N3O6. The van der Waals surface area contributed by atoms with Gasteiger partial charge in [0, 0.05) is 22.1 Å². The number of hydrogen-bond acceptors (Lipinski definition) is 8. The maximum Gasteiger partial charge on any atom is 0.336 e. The molecule has 146 valence electrons. The zero-order valence-electron chi connectivity index (χ0n) is 15.8. The first-order valence-corrected chi connectivity index (χ1v) is 8.40. The van der Waals surface area contributed by atoms with Gasteiger partial charge in [-0.3, -0.25) is 4.63 Å². The van der Waals surface area contributed by atoms with E-state index in [1.165, 1.54) is 14.2 Å². The van der Waals surface area contributed by atoms with Crippen molar-refractivity contribution >= 4 is 11.9 Å². The molecule has 1 N–H and O–H groups in total. The zero-order valence-corrected chi connectivity index (χ0v) is 15.8. The summed E-state index contributed by atoms with van der Waals surface area (Å²) in [7, 11) is 2.44. The monoisotopic (exact) mass is 385 g/mol. The van der Waals surface area contributed by atoms with Gasteiger partial charge in [-0.15, -0.1) is 0 Å². The molecular weight excluding hydrogens is 366 g/mol. The molecule has 9 nitrogen and oxygen atoms in total. The lowest BCUT2D eigenvalue weighted by atomic mass is 9.81. The number of carbonyl (C=O) groups excluding carboxylic acids is 2. The van der Waals surface area contributed by atoms with E-state index < -0.39 is 17.9 Å². The SMILES string of the molecule is COC(=O)C1=C(C)NC(C)=C(C(=O)OC)C1c1c(-c2ccccc2)no[n+]1[O-]. The van der Waals surface area contributed by atoms with Crippen molar-refractivity contribution < 1.29 is 28.6 Å². The quantitative estimate of drug-likeness (QED) is 0.622. The molecule has 0 spiro atoms. The number of methoxy groups -OCH3 is 2. The first-order valence-electron chi connectivity index (χ1n) is 8.40. The second-order valence-electron chi connectivity index (χ2n) is 6.15. The normalized spacial score (nSPS) is 14.7. The number of rotatable bonds is 4. The summed E-state index contributed by atoms with van der Waals surface area (Å²) in [6.07, 6.45) is 0. The first kappa shape index (κ1) is 19.2. The maximum atomic E-state index is 12.6. The number of nitrogens with one attached hydrogen (secondary N) is 1. The number of esters is 2. The van der Waals surface area contributed by atoms with Crippen LogP contribution in [0, 0.1) is 5.21 Å². The Morgan fingerprint density at radius 2 is 1.61 bits per heavy atom. The van der Waals surface area contributed by atoms with Crippen LogP contribution in [0.15, 0.2) is 57.5 Å². The van der Waals surface area contributed by atoms with E-state index in [1.54, 1.807) is 38.1 Å². The Kier molecular flexibility index (Phi) is 5.16. The predicted octanol–water partition coefficient (Wildman–Crippen LogP) is 1.56. The van der Waals surface area contributed by atoms with Gasteiger partial charge in [-0.1, -0.05) is 30.3 Å². The summed E-state index contributed by atoms with van der Waals surface area (Å²) < 4.78 is 14.6. The van der Waals surface area contributed by atoms with Gasteiger partial charge in [-0.2, -0.15) is 0 Å². The average Bonchev–Trinajstić information content (AvgIpc) is 3.08. The predicted molar refractivity (Wildman–Crippen MR) is 96.2 cm³/mol. The van der Waals surface area contributed by atoms with Crippen LogP contribution in [0.2, 0.25) is 0 Å². The Labute approximate surface area is 160 Å². The third-order valence-electron chi connectivity index (χ3n) is 4.54. The third-order valence-corrected chi connectivity index (χ3v) is 4.54. The molecule has 2 heterocycles. The minimum atomic E-state index is -1.08. The number of ether oxygens (including phenoxy) is 2. The smallest absolute Gasteiger partial charge is 0.336 e. The van der Waals surface area contributed by atoms with E-state index in [9.17, 15) is 14.8 Å². The number of benzene rings is 1. The summed E-state index contributed by atoms with van der Waals surface area (Å²) >= 11 is 0. The Morgan fingerprint density at radius 3 is 2.11 bits per heavy atom. The Bertz CT molecular complexity index is 952. The van der Waals surface area contributed by atoms with E-state index in [0.29, 0.717) is 17.0 Å². The molecule has 0 unspecified atom stereocenters. The van der Waals surface area contributed by atoms with Crippen molar-refractivity contribution in [2.75, 3.05) is 14.2 Å². The van der Waals surface area contributed by atoms with Crippen LogP contribution in [0.5, 0.6) is 0 Å². The summed E-state index contributed by atoms with van der Waals surface area (Å²) in [4.78, 5) is 25.3. The van der Waals surface area contributed by atoms with E-state index in [4.69, 9.17) is 14.1 Å². The molecule has 0 aliphatic carbocycles. The van der Waals surface area contributed by atoms with Gasteiger partial charge in [0.05, 0.1) is 31.3 Å². The molecule has 0 fully saturated rings. The van der Waals surface area contributed by atoms with Crippen molar-refractivity contribution in [1.82, 2.24) is 10.5 Å². The van der Waals surface area contributed by atoms with Gasteiger partial charge in [-0.25, -0.2) is 9.59 Å². The Hall–Kier alpha value is -3.62. The lowest BCUT2D eigenvalue weighted by molar-refractivity contribution is -0.808. The molecule has 1 aromatic carbocycles. The number of carbonyl (C=O) groups is 2. The highest BCUT2D eigenvalue weighted by Crippen LogP contribution is 2.40. The highest BCUT2D eigenvalue weighted by Gasteiger charge is 2.44. The molecule has 1 aliphatic rings. The van der Waals surface area contributed by atoms with E-state index in [2.05, 4.69) is 10.5 Å². The summed E-state index contributed by atoms with van der Waals surface area (Å²) in [5, 5.41) is 19.4. The van der Waals surface area contributed by atoms with Crippen LogP contribution in [0.4, 0.5) is 0 Å². The van der Waals surface area contributed by atoms with E-state index in [1.807, 2.05) is 6.07 Å². The van der Waals surface area contributed by atoms with Crippen LogP contribution in [0.3, 0.4) is 0 Å². The van der Waals surface area contributed by atoms with Gasteiger partial charge in [0.15, 0.2) is 0 Å².